The molecule has 2 aromatic heterocycles. The van der Waals surface area contributed by atoms with E-state index in [4.69, 9.17) is 14.2 Å². The van der Waals surface area contributed by atoms with Gasteiger partial charge in [-0.2, -0.15) is 4.68 Å². The van der Waals surface area contributed by atoms with Gasteiger partial charge >= 0.3 is 0 Å². The van der Waals surface area contributed by atoms with Crippen molar-refractivity contribution in [3.05, 3.63) is 40.5 Å². The molecular formula is C18H17N5O4S. The van der Waals surface area contributed by atoms with E-state index in [9.17, 15) is 4.79 Å². The van der Waals surface area contributed by atoms with E-state index < -0.39 is 0 Å². The fourth-order valence-corrected chi connectivity index (χ4v) is 4.73. The Morgan fingerprint density at radius 3 is 3.11 bits per heavy atom. The largest absolute Gasteiger partial charge is 0.492 e. The van der Waals surface area contributed by atoms with Gasteiger partial charge < -0.3 is 19.5 Å². The van der Waals surface area contributed by atoms with Crippen molar-refractivity contribution in [3.63, 3.8) is 0 Å². The minimum atomic E-state index is -0.126. The molecule has 0 saturated carbocycles. The van der Waals surface area contributed by atoms with Crippen molar-refractivity contribution in [2.24, 2.45) is 0 Å². The van der Waals surface area contributed by atoms with Crippen LogP contribution in [0, 0.1) is 0 Å². The highest BCUT2D eigenvalue weighted by molar-refractivity contribution is 7.15. The van der Waals surface area contributed by atoms with Gasteiger partial charge in [-0.1, -0.05) is 0 Å². The van der Waals surface area contributed by atoms with Crippen LogP contribution >= 0.6 is 11.3 Å². The standard InChI is InChI=1S/C18H17N5O4S/c24-17(19-6-7-25-11-4-5-13-14(8-11)27-10-26-13)16-12-2-1-3-15(12)28-18(16)23-9-20-21-22-23/h4-5,8-9H,1-3,6-7,10H2,(H,19,24). The van der Waals surface area contributed by atoms with Gasteiger partial charge in [0.25, 0.3) is 5.91 Å². The van der Waals surface area contributed by atoms with Crippen LogP contribution in [-0.2, 0) is 12.8 Å². The Morgan fingerprint density at radius 2 is 2.21 bits per heavy atom. The Hall–Kier alpha value is -3.14. The third kappa shape index (κ3) is 3.05. The molecule has 1 aliphatic carbocycles. The van der Waals surface area contributed by atoms with E-state index in [1.807, 2.05) is 12.1 Å². The number of carbonyl (C=O) groups excluding carboxylic acids is 1. The molecule has 1 aromatic carbocycles. The molecular weight excluding hydrogens is 382 g/mol. The first-order valence-electron chi connectivity index (χ1n) is 8.98. The lowest BCUT2D eigenvalue weighted by molar-refractivity contribution is 0.0946. The van der Waals surface area contributed by atoms with Gasteiger partial charge in [-0.3, -0.25) is 4.79 Å². The summed E-state index contributed by atoms with van der Waals surface area (Å²) in [6.45, 7) is 0.953. The lowest BCUT2D eigenvalue weighted by Gasteiger charge is -2.10. The number of hydrogen-bond donors (Lipinski definition) is 1. The van der Waals surface area contributed by atoms with Crippen molar-refractivity contribution in [2.45, 2.75) is 19.3 Å². The summed E-state index contributed by atoms with van der Waals surface area (Å²) < 4.78 is 17.9. The van der Waals surface area contributed by atoms with Gasteiger partial charge in [-0.25, -0.2) is 0 Å². The van der Waals surface area contributed by atoms with E-state index in [2.05, 4.69) is 20.8 Å². The number of aromatic nitrogens is 4. The summed E-state index contributed by atoms with van der Waals surface area (Å²) in [6, 6.07) is 5.41. The third-order valence-corrected chi connectivity index (χ3v) is 5.97. The third-order valence-electron chi connectivity index (χ3n) is 4.69. The molecule has 144 valence electrons. The highest BCUT2D eigenvalue weighted by Crippen LogP contribution is 2.37. The van der Waals surface area contributed by atoms with Crippen LogP contribution in [0.5, 0.6) is 17.2 Å². The zero-order valence-corrected chi connectivity index (χ0v) is 15.7. The SMILES string of the molecule is O=C(NCCOc1ccc2c(c1)OCO2)c1c(-n2cnnn2)sc2c1CCC2. The van der Waals surface area contributed by atoms with Crippen molar-refractivity contribution in [3.8, 4) is 22.2 Å². The number of hydrogen-bond acceptors (Lipinski definition) is 8. The molecule has 1 aliphatic heterocycles. The maximum atomic E-state index is 12.9. The number of ether oxygens (including phenoxy) is 3. The molecule has 5 rings (SSSR count). The van der Waals surface area contributed by atoms with E-state index in [0.717, 1.165) is 29.8 Å². The molecule has 0 saturated heterocycles. The van der Waals surface area contributed by atoms with E-state index >= 15 is 0 Å². The van der Waals surface area contributed by atoms with E-state index in [1.165, 1.54) is 11.2 Å². The van der Waals surface area contributed by atoms with Crippen LogP contribution in [0.4, 0.5) is 0 Å². The molecule has 0 atom stereocenters. The first kappa shape index (κ1) is 17.0. The fraction of sp³-hybridized carbons (Fsp3) is 0.333. The van der Waals surface area contributed by atoms with Crippen LogP contribution in [0.15, 0.2) is 24.5 Å². The number of thiophene rings is 1. The first-order chi connectivity index (χ1) is 13.8. The summed E-state index contributed by atoms with van der Waals surface area (Å²) in [5.41, 5.74) is 1.79. The summed E-state index contributed by atoms with van der Waals surface area (Å²) in [7, 11) is 0. The summed E-state index contributed by atoms with van der Waals surface area (Å²) in [5, 5.41) is 15.0. The molecule has 28 heavy (non-hydrogen) atoms. The van der Waals surface area contributed by atoms with Crippen molar-refractivity contribution in [1.82, 2.24) is 25.5 Å². The van der Waals surface area contributed by atoms with Crippen LogP contribution in [0.2, 0.25) is 0 Å². The van der Waals surface area contributed by atoms with E-state index in [0.29, 0.717) is 36.0 Å². The number of fused-ring (bicyclic) bond motifs is 2. The first-order valence-corrected chi connectivity index (χ1v) is 9.80. The molecule has 1 amide bonds. The zero-order valence-electron chi connectivity index (χ0n) is 14.9. The van der Waals surface area contributed by atoms with Gasteiger partial charge in [0, 0.05) is 10.9 Å². The van der Waals surface area contributed by atoms with Crippen molar-refractivity contribution >= 4 is 17.2 Å². The predicted octanol–water partition coefficient (Wildman–Crippen LogP) is 1.75. The van der Waals surface area contributed by atoms with E-state index in [-0.39, 0.29) is 12.7 Å². The van der Waals surface area contributed by atoms with Crippen LogP contribution < -0.4 is 19.5 Å². The molecule has 1 N–H and O–H groups in total. The van der Waals surface area contributed by atoms with Crippen LogP contribution in [-0.4, -0.2) is 46.1 Å². The summed E-state index contributed by atoms with van der Waals surface area (Å²) in [4.78, 5) is 14.1. The molecule has 2 aliphatic rings. The summed E-state index contributed by atoms with van der Waals surface area (Å²) in [5.74, 6) is 1.92. The number of tetrazole rings is 1. The quantitative estimate of drug-likeness (QED) is 0.630. The van der Waals surface area contributed by atoms with Gasteiger partial charge in [0.15, 0.2) is 11.5 Å². The molecule has 3 aromatic rings. The van der Waals surface area contributed by atoms with Gasteiger partial charge in [0.05, 0.1) is 12.1 Å². The Bertz CT molecular complexity index is 1020. The summed E-state index contributed by atoms with van der Waals surface area (Å²) in [6.07, 6.45) is 4.49. The average Bonchev–Trinajstić information content (AvgIpc) is 3.48. The molecule has 0 fully saturated rings. The molecule has 10 heteroatoms. The Balaban J connectivity index is 1.24. The molecule has 0 bridgehead atoms. The number of rotatable bonds is 6. The van der Waals surface area contributed by atoms with Crippen molar-refractivity contribution in [1.29, 1.82) is 0 Å². The van der Waals surface area contributed by atoms with Gasteiger partial charge in [-0.15, -0.1) is 16.4 Å². The second kappa shape index (κ2) is 7.12. The highest BCUT2D eigenvalue weighted by Gasteiger charge is 2.27. The number of nitrogens with zero attached hydrogens (tertiary/aromatic N) is 4. The molecule has 0 unspecified atom stereocenters. The van der Waals surface area contributed by atoms with Gasteiger partial charge in [0.2, 0.25) is 6.79 Å². The number of benzene rings is 1. The van der Waals surface area contributed by atoms with Crippen LogP contribution in [0.3, 0.4) is 0 Å². The van der Waals surface area contributed by atoms with Crippen molar-refractivity contribution < 1.29 is 19.0 Å². The highest BCUT2D eigenvalue weighted by atomic mass is 32.1. The van der Waals surface area contributed by atoms with Gasteiger partial charge in [0.1, 0.15) is 23.7 Å². The van der Waals surface area contributed by atoms with Crippen molar-refractivity contribution in [2.75, 3.05) is 19.9 Å². The molecule has 0 radical (unpaired) electrons. The lowest BCUT2D eigenvalue weighted by atomic mass is 10.1. The number of aryl methyl sites for hydroxylation is 1. The molecule has 9 nitrogen and oxygen atoms in total. The molecule has 3 heterocycles. The fourth-order valence-electron chi connectivity index (χ4n) is 3.43. The topological polar surface area (TPSA) is 100 Å². The smallest absolute Gasteiger partial charge is 0.254 e. The monoisotopic (exact) mass is 399 g/mol. The van der Waals surface area contributed by atoms with Crippen LogP contribution in [0.25, 0.3) is 5.00 Å². The zero-order chi connectivity index (χ0) is 18.9. The summed E-state index contributed by atoms with van der Waals surface area (Å²) >= 11 is 1.58. The second-order valence-electron chi connectivity index (χ2n) is 6.41. The second-order valence-corrected chi connectivity index (χ2v) is 7.49. The molecule has 0 spiro atoms. The Morgan fingerprint density at radius 1 is 1.29 bits per heavy atom. The number of carbonyl (C=O) groups is 1. The minimum absolute atomic E-state index is 0.126. The normalized spacial score (nSPS) is 14.1. The Kier molecular flexibility index (Phi) is 4.32. The number of nitrogens with one attached hydrogen (secondary N) is 1. The van der Waals surface area contributed by atoms with Crippen LogP contribution in [0.1, 0.15) is 27.2 Å². The van der Waals surface area contributed by atoms with E-state index in [1.54, 1.807) is 22.1 Å². The van der Waals surface area contributed by atoms with Gasteiger partial charge in [-0.05, 0) is 47.4 Å². The number of amides is 1. The maximum Gasteiger partial charge on any atom is 0.254 e. The average molecular weight is 399 g/mol. The maximum absolute atomic E-state index is 12.9. The predicted molar refractivity (Wildman–Crippen MR) is 99.4 cm³/mol. The Labute approximate surface area is 164 Å². The minimum Gasteiger partial charge on any atom is -0.492 e. The lowest BCUT2D eigenvalue weighted by Crippen LogP contribution is -2.29.